The highest BCUT2D eigenvalue weighted by Crippen LogP contribution is 2.31. The molecule has 0 N–H and O–H groups in total. The fourth-order valence-electron chi connectivity index (χ4n) is 2.23. The van der Waals surface area contributed by atoms with Gasteiger partial charge in [-0.2, -0.15) is 4.39 Å². The first-order chi connectivity index (χ1) is 10.0. The van der Waals surface area contributed by atoms with Crippen LogP contribution in [0.1, 0.15) is 32.3 Å². The first-order valence-electron chi connectivity index (χ1n) is 7.08. The molecule has 0 amide bonds. The van der Waals surface area contributed by atoms with Crippen molar-refractivity contribution in [1.82, 2.24) is 9.97 Å². The third kappa shape index (κ3) is 2.81. The Labute approximate surface area is 127 Å². The molecule has 1 aromatic carbocycles. The van der Waals surface area contributed by atoms with Crippen molar-refractivity contribution >= 4 is 21.7 Å². The van der Waals surface area contributed by atoms with E-state index in [1.807, 2.05) is 0 Å². The molecule has 0 radical (unpaired) electrons. The maximum Gasteiger partial charge on any atom is 0.214 e. The highest BCUT2D eigenvalue weighted by molar-refractivity contribution is 7.21. The number of aromatic nitrogens is 2. The van der Waals surface area contributed by atoms with Gasteiger partial charge in [0.2, 0.25) is 5.95 Å². The minimum atomic E-state index is -0.459. The number of halogens is 1. The van der Waals surface area contributed by atoms with Gasteiger partial charge in [0.15, 0.2) is 0 Å². The lowest BCUT2D eigenvalue weighted by atomic mass is 9.90. The van der Waals surface area contributed by atoms with Crippen LogP contribution in [0.2, 0.25) is 0 Å². The molecule has 1 atom stereocenters. The van der Waals surface area contributed by atoms with Gasteiger partial charge in [-0.3, -0.25) is 0 Å². The van der Waals surface area contributed by atoms with E-state index in [1.165, 1.54) is 23.0 Å². The molecule has 0 fully saturated rings. The first-order valence-corrected chi connectivity index (χ1v) is 7.89. The van der Waals surface area contributed by atoms with Crippen LogP contribution < -0.4 is 0 Å². The lowest BCUT2D eigenvalue weighted by Crippen LogP contribution is -2.01. The molecule has 3 rings (SSSR count). The van der Waals surface area contributed by atoms with Gasteiger partial charge in [-0.15, -0.1) is 0 Å². The van der Waals surface area contributed by atoms with E-state index in [2.05, 4.69) is 55.0 Å². The molecule has 3 aromatic rings. The van der Waals surface area contributed by atoms with Crippen LogP contribution in [0.3, 0.4) is 0 Å². The number of fused-ring (bicyclic) bond motifs is 1. The van der Waals surface area contributed by atoms with E-state index in [1.54, 1.807) is 6.07 Å². The standard InChI is InChI=1S/C17H17FN2S/c1-10(2)11(3)12-4-6-13(7-5-12)16-19-14-8-9-15(18)20-17(14)21-16/h4-11H,1-3H3. The van der Waals surface area contributed by atoms with Gasteiger partial charge in [-0.05, 0) is 29.5 Å². The van der Waals surface area contributed by atoms with Crippen LogP contribution in [-0.2, 0) is 0 Å². The fraction of sp³-hybridized carbons (Fsp3) is 0.294. The van der Waals surface area contributed by atoms with Crippen molar-refractivity contribution in [1.29, 1.82) is 0 Å². The average molecular weight is 300 g/mol. The maximum absolute atomic E-state index is 13.1. The average Bonchev–Trinajstić information content (AvgIpc) is 2.89. The number of pyridine rings is 1. The number of hydrogen-bond acceptors (Lipinski definition) is 3. The van der Waals surface area contributed by atoms with Gasteiger partial charge in [0.05, 0.1) is 0 Å². The second-order valence-electron chi connectivity index (χ2n) is 5.63. The molecule has 21 heavy (non-hydrogen) atoms. The monoisotopic (exact) mass is 300 g/mol. The van der Waals surface area contributed by atoms with E-state index >= 15 is 0 Å². The van der Waals surface area contributed by atoms with Gasteiger partial charge < -0.3 is 0 Å². The van der Waals surface area contributed by atoms with Crippen molar-refractivity contribution in [3.05, 3.63) is 47.9 Å². The number of thiazole rings is 1. The summed E-state index contributed by atoms with van der Waals surface area (Å²) < 4.78 is 13.1. The van der Waals surface area contributed by atoms with Gasteiger partial charge in [-0.25, -0.2) is 9.97 Å². The Balaban J connectivity index is 1.95. The van der Waals surface area contributed by atoms with E-state index in [4.69, 9.17) is 0 Å². The Hall–Kier alpha value is -1.81. The normalized spacial score (nSPS) is 13.0. The van der Waals surface area contributed by atoms with Gasteiger partial charge in [-0.1, -0.05) is 56.4 Å². The van der Waals surface area contributed by atoms with Crippen molar-refractivity contribution in [2.45, 2.75) is 26.7 Å². The second-order valence-corrected chi connectivity index (χ2v) is 6.61. The van der Waals surface area contributed by atoms with Crippen LogP contribution in [0.5, 0.6) is 0 Å². The van der Waals surface area contributed by atoms with Crippen molar-refractivity contribution in [2.24, 2.45) is 5.92 Å². The molecule has 0 bridgehead atoms. The molecule has 0 aliphatic heterocycles. The van der Waals surface area contributed by atoms with E-state index in [9.17, 15) is 4.39 Å². The summed E-state index contributed by atoms with van der Waals surface area (Å²) in [6.07, 6.45) is 0. The van der Waals surface area contributed by atoms with Crippen LogP contribution in [-0.4, -0.2) is 9.97 Å². The molecular weight excluding hydrogens is 283 g/mol. The zero-order valence-electron chi connectivity index (χ0n) is 12.3. The van der Waals surface area contributed by atoms with E-state index in [0.717, 1.165) is 16.1 Å². The molecule has 0 saturated carbocycles. The van der Waals surface area contributed by atoms with Gasteiger partial charge >= 0.3 is 0 Å². The van der Waals surface area contributed by atoms with Crippen LogP contribution in [0.15, 0.2) is 36.4 Å². The van der Waals surface area contributed by atoms with E-state index in [-0.39, 0.29) is 0 Å². The van der Waals surface area contributed by atoms with Crippen LogP contribution in [0, 0.1) is 11.9 Å². The Morgan fingerprint density at radius 2 is 1.67 bits per heavy atom. The summed E-state index contributed by atoms with van der Waals surface area (Å²) in [6.45, 7) is 6.70. The molecule has 0 aliphatic rings. The van der Waals surface area contributed by atoms with Crippen LogP contribution in [0.4, 0.5) is 4.39 Å². The summed E-state index contributed by atoms with van der Waals surface area (Å²) >= 11 is 1.42. The molecule has 0 aliphatic carbocycles. The summed E-state index contributed by atoms with van der Waals surface area (Å²) in [5.74, 6) is 0.689. The van der Waals surface area contributed by atoms with Gasteiger partial charge in [0, 0.05) is 5.56 Å². The SMILES string of the molecule is CC(C)C(C)c1ccc(-c2nc3ccc(F)nc3s2)cc1. The summed E-state index contributed by atoms with van der Waals surface area (Å²) in [7, 11) is 0. The quantitative estimate of drug-likeness (QED) is 0.617. The summed E-state index contributed by atoms with van der Waals surface area (Å²) in [5.41, 5.74) is 3.13. The number of hydrogen-bond donors (Lipinski definition) is 0. The third-order valence-electron chi connectivity index (χ3n) is 3.90. The molecule has 0 saturated heterocycles. The Morgan fingerprint density at radius 1 is 0.952 bits per heavy atom. The lowest BCUT2D eigenvalue weighted by Gasteiger charge is -2.15. The minimum Gasteiger partial charge on any atom is -0.234 e. The minimum absolute atomic E-state index is 0.459. The lowest BCUT2D eigenvalue weighted by molar-refractivity contribution is 0.535. The predicted molar refractivity (Wildman–Crippen MR) is 86.1 cm³/mol. The fourth-order valence-corrected chi connectivity index (χ4v) is 3.16. The summed E-state index contributed by atoms with van der Waals surface area (Å²) in [5, 5.41) is 0.881. The molecule has 0 spiro atoms. The van der Waals surface area contributed by atoms with Crippen molar-refractivity contribution < 1.29 is 4.39 Å². The predicted octanol–water partition coefficient (Wildman–Crippen LogP) is 5.26. The van der Waals surface area contributed by atoms with E-state index < -0.39 is 5.95 Å². The summed E-state index contributed by atoms with van der Waals surface area (Å²) in [6, 6.07) is 11.5. The second kappa shape index (κ2) is 5.53. The highest BCUT2D eigenvalue weighted by Gasteiger charge is 2.12. The Morgan fingerprint density at radius 3 is 2.33 bits per heavy atom. The molecule has 2 nitrogen and oxygen atoms in total. The third-order valence-corrected chi connectivity index (χ3v) is 4.92. The van der Waals surface area contributed by atoms with Crippen LogP contribution in [0.25, 0.3) is 20.9 Å². The molecular formula is C17H17FN2S. The highest BCUT2D eigenvalue weighted by atomic mass is 32.1. The number of nitrogens with zero attached hydrogens (tertiary/aromatic N) is 2. The topological polar surface area (TPSA) is 25.8 Å². The van der Waals surface area contributed by atoms with Gasteiger partial charge in [0.25, 0.3) is 0 Å². The zero-order chi connectivity index (χ0) is 15.0. The molecule has 4 heteroatoms. The van der Waals surface area contributed by atoms with Crippen LogP contribution >= 0.6 is 11.3 Å². The maximum atomic E-state index is 13.1. The molecule has 2 heterocycles. The Kier molecular flexibility index (Phi) is 3.72. The smallest absolute Gasteiger partial charge is 0.214 e. The van der Waals surface area contributed by atoms with Crippen molar-refractivity contribution in [3.8, 4) is 10.6 Å². The number of benzene rings is 1. The zero-order valence-corrected chi connectivity index (χ0v) is 13.1. The molecule has 2 aromatic heterocycles. The largest absolute Gasteiger partial charge is 0.234 e. The molecule has 1 unspecified atom stereocenters. The Bertz CT molecular complexity index is 762. The summed E-state index contributed by atoms with van der Waals surface area (Å²) in [4.78, 5) is 9.05. The molecule has 108 valence electrons. The number of rotatable bonds is 3. The van der Waals surface area contributed by atoms with E-state index in [0.29, 0.717) is 16.7 Å². The first kappa shape index (κ1) is 14.1. The van der Waals surface area contributed by atoms with Gasteiger partial charge in [0.1, 0.15) is 15.4 Å². The van der Waals surface area contributed by atoms with Crippen molar-refractivity contribution in [2.75, 3.05) is 0 Å². The van der Waals surface area contributed by atoms with Crippen molar-refractivity contribution in [3.63, 3.8) is 0 Å².